The van der Waals surface area contributed by atoms with Crippen molar-refractivity contribution in [1.82, 2.24) is 5.32 Å². The Labute approximate surface area is 178 Å². The molecule has 4 heteroatoms. The molecule has 1 unspecified atom stereocenters. The van der Waals surface area contributed by atoms with E-state index in [9.17, 15) is 9.90 Å². The molecule has 2 rings (SSSR count). The first-order valence-electron chi connectivity index (χ1n) is 11.7. The van der Waals surface area contributed by atoms with Gasteiger partial charge in [0.15, 0.2) is 0 Å². The molecule has 1 aromatic rings. The summed E-state index contributed by atoms with van der Waals surface area (Å²) in [6, 6.07) is 6.27. The van der Waals surface area contributed by atoms with Gasteiger partial charge >= 0.3 is 0 Å². The molecule has 0 radical (unpaired) electrons. The molecule has 0 fully saturated rings. The van der Waals surface area contributed by atoms with Crippen LogP contribution in [0.4, 0.5) is 5.69 Å². The summed E-state index contributed by atoms with van der Waals surface area (Å²) in [5.41, 5.74) is 3.71. The maximum Gasteiger partial charge on any atom is 0.243 e. The third kappa shape index (κ3) is 7.02. The van der Waals surface area contributed by atoms with Gasteiger partial charge in [-0.2, -0.15) is 0 Å². The molecule has 0 saturated carbocycles. The number of amides is 1. The molecule has 1 aliphatic rings. The minimum absolute atomic E-state index is 0.0145. The fourth-order valence-corrected chi connectivity index (χ4v) is 4.52. The maximum absolute atomic E-state index is 12.8. The highest BCUT2D eigenvalue weighted by atomic mass is 16.3. The van der Waals surface area contributed by atoms with Crippen LogP contribution >= 0.6 is 0 Å². The lowest BCUT2D eigenvalue weighted by molar-refractivity contribution is -0.124. The van der Waals surface area contributed by atoms with Crippen molar-refractivity contribution in [2.45, 2.75) is 97.1 Å². The molecule has 1 amide bonds. The van der Waals surface area contributed by atoms with Crippen molar-refractivity contribution >= 4 is 11.6 Å². The zero-order valence-electron chi connectivity index (χ0n) is 19.0. The Morgan fingerprint density at radius 3 is 2.38 bits per heavy atom. The molecule has 164 valence electrons. The van der Waals surface area contributed by atoms with E-state index in [1.165, 1.54) is 62.5 Å². The molecule has 0 spiro atoms. The van der Waals surface area contributed by atoms with Crippen LogP contribution in [0, 0.1) is 5.92 Å². The van der Waals surface area contributed by atoms with Gasteiger partial charge in [-0.1, -0.05) is 77.8 Å². The molecular formula is C25H42N2O2. The number of fused-ring (bicyclic) bond motifs is 1. The first kappa shape index (κ1) is 23.7. The summed E-state index contributed by atoms with van der Waals surface area (Å²) in [5, 5.41) is 12.7. The van der Waals surface area contributed by atoms with Gasteiger partial charge in [0.1, 0.15) is 6.04 Å². The number of nitrogens with one attached hydrogen (secondary N) is 1. The minimum atomic E-state index is -0.221. The monoisotopic (exact) mass is 402 g/mol. The molecular weight excluding hydrogens is 360 g/mol. The second-order valence-electron chi connectivity index (χ2n) is 9.08. The van der Waals surface area contributed by atoms with Crippen LogP contribution in [0.2, 0.25) is 0 Å². The average molecular weight is 403 g/mol. The van der Waals surface area contributed by atoms with Crippen molar-refractivity contribution in [2.24, 2.45) is 5.92 Å². The van der Waals surface area contributed by atoms with Gasteiger partial charge in [0.2, 0.25) is 5.91 Å². The van der Waals surface area contributed by atoms with E-state index < -0.39 is 0 Å². The van der Waals surface area contributed by atoms with Crippen LogP contribution in [0.5, 0.6) is 0 Å². The number of rotatable bonds is 11. The normalized spacial score (nSPS) is 19.7. The Balaban J connectivity index is 2.02. The quantitative estimate of drug-likeness (QED) is 0.520. The van der Waals surface area contributed by atoms with E-state index in [1.54, 1.807) is 0 Å². The zero-order valence-corrected chi connectivity index (χ0v) is 19.0. The lowest BCUT2D eigenvalue weighted by Crippen LogP contribution is -2.54. The van der Waals surface area contributed by atoms with Crippen LogP contribution in [0.25, 0.3) is 0 Å². The predicted octanol–water partition coefficient (Wildman–Crippen LogP) is 4.86. The Morgan fingerprint density at radius 2 is 1.76 bits per heavy atom. The Hall–Kier alpha value is -1.55. The number of benzene rings is 1. The lowest BCUT2D eigenvalue weighted by atomic mass is 9.93. The van der Waals surface area contributed by atoms with Gasteiger partial charge in [-0.15, -0.1) is 0 Å². The lowest BCUT2D eigenvalue weighted by Gasteiger charge is -2.37. The molecule has 4 nitrogen and oxygen atoms in total. The van der Waals surface area contributed by atoms with Gasteiger partial charge in [0.05, 0.1) is 12.6 Å². The number of unbranched alkanes of at least 4 members (excludes halogenated alkanes) is 7. The topological polar surface area (TPSA) is 52.6 Å². The Kier molecular flexibility index (Phi) is 9.99. The molecule has 2 atom stereocenters. The third-order valence-electron chi connectivity index (χ3n) is 6.20. The molecule has 1 aliphatic heterocycles. The van der Waals surface area contributed by atoms with Gasteiger partial charge in [-0.05, 0) is 42.4 Å². The van der Waals surface area contributed by atoms with E-state index in [0.29, 0.717) is 6.42 Å². The standard InChI is InChI=1S/C25H42N2O2/c1-5-6-7-8-9-10-11-12-13-20-14-15-21-17-22(18-28)26-25(29)24(19(2)3)27(4)23(21)16-20/h14-16,19,22,24,28H,5-13,17-18H2,1-4H3,(H,26,29)/t22?,24-/m0/s1. The number of aliphatic hydroxyl groups excluding tert-OH is 1. The number of likely N-dealkylation sites (N-methyl/N-ethyl adjacent to an activating group) is 1. The summed E-state index contributed by atoms with van der Waals surface area (Å²) in [7, 11) is 2.03. The molecule has 0 aliphatic carbocycles. The third-order valence-corrected chi connectivity index (χ3v) is 6.20. The van der Waals surface area contributed by atoms with Gasteiger partial charge < -0.3 is 15.3 Å². The number of hydrogen-bond acceptors (Lipinski definition) is 3. The minimum Gasteiger partial charge on any atom is -0.394 e. The number of nitrogens with zero attached hydrogens (tertiary/aromatic N) is 1. The van der Waals surface area contributed by atoms with E-state index >= 15 is 0 Å². The fourth-order valence-electron chi connectivity index (χ4n) is 4.52. The molecule has 0 saturated heterocycles. The van der Waals surface area contributed by atoms with Crippen molar-refractivity contribution in [3.8, 4) is 0 Å². The molecule has 0 bridgehead atoms. The van der Waals surface area contributed by atoms with Gasteiger partial charge in [-0.3, -0.25) is 4.79 Å². The van der Waals surface area contributed by atoms with Crippen molar-refractivity contribution in [1.29, 1.82) is 0 Å². The van der Waals surface area contributed by atoms with E-state index in [1.807, 2.05) is 7.05 Å². The number of aryl methyl sites for hydroxylation is 1. The zero-order chi connectivity index (χ0) is 21.2. The highest BCUT2D eigenvalue weighted by Gasteiger charge is 2.32. The van der Waals surface area contributed by atoms with Crippen molar-refractivity contribution < 1.29 is 9.90 Å². The highest BCUT2D eigenvalue weighted by molar-refractivity contribution is 5.86. The summed E-state index contributed by atoms with van der Waals surface area (Å²) in [6.07, 6.45) is 12.4. The van der Waals surface area contributed by atoms with E-state index in [-0.39, 0.29) is 30.5 Å². The Bertz CT molecular complexity index is 629. The predicted molar refractivity (Wildman–Crippen MR) is 123 cm³/mol. The SMILES string of the molecule is CCCCCCCCCCc1ccc2c(c1)N(C)[C@@H](C(C)C)C(=O)NC(CO)C2. The van der Waals surface area contributed by atoms with Crippen LogP contribution in [0.15, 0.2) is 18.2 Å². The first-order chi connectivity index (χ1) is 14.0. The number of anilines is 1. The Morgan fingerprint density at radius 1 is 1.10 bits per heavy atom. The van der Waals surface area contributed by atoms with Crippen LogP contribution in [0.3, 0.4) is 0 Å². The summed E-state index contributed by atoms with van der Waals surface area (Å²) in [6.45, 7) is 6.40. The number of carbonyl (C=O) groups excluding carboxylic acids is 1. The van der Waals surface area contributed by atoms with Crippen LogP contribution in [-0.4, -0.2) is 36.8 Å². The number of aliphatic hydroxyl groups is 1. The average Bonchev–Trinajstić information content (AvgIpc) is 2.69. The molecule has 0 aromatic heterocycles. The highest BCUT2D eigenvalue weighted by Crippen LogP contribution is 2.29. The van der Waals surface area contributed by atoms with Crippen LogP contribution in [-0.2, 0) is 17.6 Å². The second kappa shape index (κ2) is 12.2. The largest absolute Gasteiger partial charge is 0.394 e. The van der Waals surface area contributed by atoms with Crippen molar-refractivity contribution in [2.75, 3.05) is 18.6 Å². The maximum atomic E-state index is 12.8. The molecule has 2 N–H and O–H groups in total. The summed E-state index contributed by atoms with van der Waals surface area (Å²) in [5.74, 6) is 0.210. The number of hydrogen-bond donors (Lipinski definition) is 2. The smallest absolute Gasteiger partial charge is 0.243 e. The molecule has 1 heterocycles. The molecule has 29 heavy (non-hydrogen) atoms. The second-order valence-corrected chi connectivity index (χ2v) is 9.08. The van der Waals surface area contributed by atoms with E-state index in [0.717, 1.165) is 12.1 Å². The fraction of sp³-hybridized carbons (Fsp3) is 0.720. The summed E-state index contributed by atoms with van der Waals surface area (Å²) >= 11 is 0. The van der Waals surface area contributed by atoms with Gasteiger partial charge in [0.25, 0.3) is 0 Å². The molecule has 1 aromatic carbocycles. The van der Waals surface area contributed by atoms with E-state index in [4.69, 9.17) is 0 Å². The van der Waals surface area contributed by atoms with Crippen LogP contribution < -0.4 is 10.2 Å². The van der Waals surface area contributed by atoms with Gasteiger partial charge in [-0.25, -0.2) is 0 Å². The summed E-state index contributed by atoms with van der Waals surface area (Å²) in [4.78, 5) is 14.9. The van der Waals surface area contributed by atoms with E-state index in [2.05, 4.69) is 49.2 Å². The van der Waals surface area contributed by atoms with Crippen LogP contribution in [0.1, 0.15) is 83.3 Å². The summed E-state index contributed by atoms with van der Waals surface area (Å²) < 4.78 is 0. The van der Waals surface area contributed by atoms with Crippen molar-refractivity contribution in [3.05, 3.63) is 29.3 Å². The first-order valence-corrected chi connectivity index (χ1v) is 11.7. The van der Waals surface area contributed by atoms with Crippen molar-refractivity contribution in [3.63, 3.8) is 0 Å². The number of carbonyl (C=O) groups is 1. The van der Waals surface area contributed by atoms with Gasteiger partial charge in [0, 0.05) is 12.7 Å².